The van der Waals surface area contributed by atoms with Gasteiger partial charge in [0.05, 0.1) is 0 Å². The van der Waals surface area contributed by atoms with Gasteiger partial charge in [-0.15, -0.1) is 0 Å². The molecule has 0 bridgehead atoms. The summed E-state index contributed by atoms with van der Waals surface area (Å²) in [5, 5.41) is 0. The van der Waals surface area contributed by atoms with Gasteiger partial charge in [0.25, 0.3) is 0 Å². The second-order valence-electron chi connectivity index (χ2n) is 2.10. The van der Waals surface area contributed by atoms with Crippen LogP contribution < -0.4 is 25.6 Å². The third kappa shape index (κ3) is 3.78. The van der Waals surface area contributed by atoms with E-state index in [0.29, 0.717) is 0 Å². The first-order valence-electron chi connectivity index (χ1n) is 2.53. The quantitative estimate of drug-likeness (QED) is 0.444. The molecular weight excluding hydrogens is 305 g/mol. The van der Waals surface area contributed by atoms with E-state index in [4.69, 9.17) is 56.0 Å². The number of nitrogens with one attached hydrogen (secondary N) is 3. The Balaban J connectivity index is 2.81. The number of rotatable bonds is 0. The van der Waals surface area contributed by atoms with Crippen molar-refractivity contribution in [3.63, 3.8) is 0 Å². The highest BCUT2D eigenvalue weighted by molar-refractivity contribution is 8.31. The Morgan fingerprint density at radius 3 is 1.33 bits per heavy atom. The van der Waals surface area contributed by atoms with Crippen LogP contribution in [0.4, 0.5) is 0 Å². The average Bonchev–Trinajstić information content (AvgIpc) is 1.44. The highest BCUT2D eigenvalue weighted by Gasteiger charge is 2.69. The molecule has 1 fully saturated rings. The molecular formula is H7Cl4N5P3+3. The van der Waals surface area contributed by atoms with Crippen LogP contribution in [0.15, 0.2) is 0 Å². The number of hydrogen-bond acceptors (Lipinski definition) is 5. The van der Waals surface area contributed by atoms with E-state index in [1.54, 1.807) is 0 Å². The molecule has 0 amide bonds. The smallest absolute Gasteiger partial charge is 0.154 e. The zero-order valence-corrected chi connectivity index (χ0v) is 11.2. The Morgan fingerprint density at radius 1 is 0.750 bits per heavy atom. The Morgan fingerprint density at radius 2 is 1.08 bits per heavy atom. The summed E-state index contributed by atoms with van der Waals surface area (Å²) in [7, 11) is -2.57. The van der Waals surface area contributed by atoms with Crippen molar-refractivity contribution in [3.8, 4) is 0 Å². The summed E-state index contributed by atoms with van der Waals surface area (Å²) in [6, 6.07) is 0. The van der Waals surface area contributed by atoms with Crippen LogP contribution in [-0.2, 0) is 0 Å². The highest BCUT2D eigenvalue weighted by atomic mass is 35.9. The molecule has 0 radical (unpaired) electrons. The van der Waals surface area contributed by atoms with Crippen LogP contribution in [0.25, 0.3) is 0 Å². The fourth-order valence-corrected chi connectivity index (χ4v) is 16.9. The number of hydrogen-bond donors (Lipinski definition) is 5. The minimum atomic E-state index is -2.61. The maximum absolute atomic E-state index is 5.78. The molecule has 0 atom stereocenters. The molecule has 5 nitrogen and oxygen atoms in total. The summed E-state index contributed by atoms with van der Waals surface area (Å²) in [4.78, 5) is 7.88. The van der Waals surface area contributed by atoms with Crippen molar-refractivity contribution in [2.75, 3.05) is 0 Å². The minimum absolute atomic E-state index is 2.57. The maximum Gasteiger partial charge on any atom is 0.425 e. The molecule has 12 heavy (non-hydrogen) atoms. The lowest BCUT2D eigenvalue weighted by Gasteiger charge is -2.24. The van der Waals surface area contributed by atoms with Crippen molar-refractivity contribution in [3.05, 3.63) is 0 Å². The second-order valence-corrected chi connectivity index (χ2v) is 15.2. The molecule has 0 spiro atoms. The van der Waals surface area contributed by atoms with Gasteiger partial charge in [-0.1, -0.05) is 0 Å². The van der Waals surface area contributed by atoms with Gasteiger partial charge in [0, 0.05) is 14.6 Å². The molecule has 12 heteroatoms. The van der Waals surface area contributed by atoms with E-state index < -0.39 is 20.4 Å². The molecule has 0 unspecified atom stereocenters. The van der Waals surface area contributed by atoms with Crippen LogP contribution in [-0.4, -0.2) is 0 Å². The molecule has 0 aromatic heterocycles. The third-order valence-corrected chi connectivity index (χ3v) is 12.9. The molecule has 1 saturated heterocycles. The summed E-state index contributed by atoms with van der Waals surface area (Å²) in [6.45, 7) is 0. The number of halogens is 4. The van der Waals surface area contributed by atoms with E-state index in [0.717, 1.165) is 0 Å². The normalized spacial score (nSPS) is 31.5. The van der Waals surface area contributed by atoms with E-state index in [1.807, 2.05) is 0 Å². The molecule has 0 aromatic rings. The Labute approximate surface area is 90.8 Å². The SMILES string of the molecule is N[P+]1(N)N[P+](Cl)(Cl)N[P+](Cl)(Cl)N1. The molecule has 0 aromatic carbocycles. The van der Waals surface area contributed by atoms with Crippen molar-refractivity contribution in [1.82, 2.24) is 14.6 Å². The predicted octanol–water partition coefficient (Wildman–Crippen LogP) is 2.67. The van der Waals surface area contributed by atoms with E-state index in [2.05, 4.69) is 14.6 Å². The molecule has 1 aliphatic heterocycles. The van der Waals surface area contributed by atoms with Gasteiger partial charge < -0.3 is 0 Å². The first-order chi connectivity index (χ1) is 5.12. The topological polar surface area (TPSA) is 88.1 Å². The van der Waals surface area contributed by atoms with Gasteiger partial charge in [-0.2, -0.15) is 11.0 Å². The van der Waals surface area contributed by atoms with Crippen LogP contribution in [0.3, 0.4) is 0 Å². The standard InChI is InChI=1S/Cl4H7N5P3/c1-10(2)7-11(3,4)9-12(5,6)8-10/h7-9H,5-6H2/q+3. The second kappa shape index (κ2) is 3.68. The Bertz CT molecular complexity index is 146. The zero-order chi connectivity index (χ0) is 9.62. The van der Waals surface area contributed by atoms with Crippen LogP contribution in [0, 0.1) is 0 Å². The van der Waals surface area contributed by atoms with Gasteiger partial charge in [-0.3, -0.25) is 0 Å². The highest BCUT2D eigenvalue weighted by Crippen LogP contribution is 2.83. The lowest BCUT2D eigenvalue weighted by Crippen LogP contribution is -2.43. The lowest BCUT2D eigenvalue weighted by atomic mass is 13.7. The van der Waals surface area contributed by atoms with Crippen LogP contribution in [0.1, 0.15) is 0 Å². The van der Waals surface area contributed by atoms with E-state index in [9.17, 15) is 0 Å². The summed E-state index contributed by atoms with van der Waals surface area (Å²) >= 11 is 23.1. The van der Waals surface area contributed by atoms with Crippen molar-refractivity contribution in [2.24, 2.45) is 11.0 Å². The van der Waals surface area contributed by atoms with E-state index in [-0.39, 0.29) is 0 Å². The van der Waals surface area contributed by atoms with Crippen molar-refractivity contribution >= 4 is 65.4 Å². The molecule has 1 aliphatic rings. The van der Waals surface area contributed by atoms with E-state index in [1.165, 1.54) is 0 Å². The Kier molecular flexibility index (Phi) is 3.78. The predicted molar refractivity (Wildman–Crippen MR) is 62.0 cm³/mol. The van der Waals surface area contributed by atoms with Gasteiger partial charge in [0.1, 0.15) is 0 Å². The summed E-state index contributed by atoms with van der Waals surface area (Å²) in [5.41, 5.74) is 11.1. The molecule has 7 N–H and O–H groups in total. The first kappa shape index (κ1) is 12.3. The van der Waals surface area contributed by atoms with Gasteiger partial charge >= 0.3 is 20.4 Å². The lowest BCUT2D eigenvalue weighted by molar-refractivity contribution is 1.28. The summed E-state index contributed by atoms with van der Waals surface area (Å²) in [5.74, 6) is 0. The first-order valence-corrected chi connectivity index (χ1v) is 11.7. The van der Waals surface area contributed by atoms with Crippen molar-refractivity contribution < 1.29 is 0 Å². The molecule has 0 aliphatic carbocycles. The number of nitrogens with two attached hydrogens (primary N) is 2. The van der Waals surface area contributed by atoms with Gasteiger partial charge in [-0.05, 0) is 0 Å². The summed E-state index contributed by atoms with van der Waals surface area (Å²) in [6.07, 6.45) is -5.23. The molecule has 0 saturated carbocycles. The third-order valence-electron chi connectivity index (χ3n) is 0.833. The van der Waals surface area contributed by atoms with Crippen molar-refractivity contribution in [1.29, 1.82) is 0 Å². The summed E-state index contributed by atoms with van der Waals surface area (Å²) < 4.78 is 0. The van der Waals surface area contributed by atoms with Gasteiger partial charge in [0.2, 0.25) is 0 Å². The average molecular weight is 312 g/mol. The molecule has 1 rings (SSSR count). The zero-order valence-electron chi connectivity index (χ0n) is 5.51. The molecule has 1 heterocycles. The van der Waals surface area contributed by atoms with Crippen molar-refractivity contribution in [2.45, 2.75) is 0 Å². The fourth-order valence-electron chi connectivity index (χ4n) is 0.640. The minimum Gasteiger partial charge on any atom is -0.154 e. The van der Waals surface area contributed by atoms with Gasteiger partial charge in [0.15, 0.2) is 45.0 Å². The van der Waals surface area contributed by atoms with Crippen LogP contribution >= 0.6 is 65.4 Å². The fraction of sp³-hybridized carbons (Fsp3) is 0. The maximum atomic E-state index is 5.78. The monoisotopic (exact) mass is 310 g/mol. The van der Waals surface area contributed by atoms with E-state index >= 15 is 0 Å². The van der Waals surface area contributed by atoms with Crippen LogP contribution in [0.5, 0.6) is 0 Å². The van der Waals surface area contributed by atoms with Crippen LogP contribution in [0.2, 0.25) is 0 Å². The largest absolute Gasteiger partial charge is 0.425 e. The van der Waals surface area contributed by atoms with Gasteiger partial charge in [-0.25, -0.2) is 0 Å². The molecule has 72 valence electrons. The Hall–Kier alpha value is 2.25.